The maximum Gasteiger partial charge on any atom is 0.287 e. The van der Waals surface area contributed by atoms with Crippen LogP contribution in [0.2, 0.25) is 0 Å². The third kappa shape index (κ3) is 5.63. The fourth-order valence-electron chi connectivity index (χ4n) is 1.68. The Balaban J connectivity index is 0.00000361. The first-order chi connectivity index (χ1) is 8.97. The molecule has 2 amide bonds. The van der Waals surface area contributed by atoms with Gasteiger partial charge in [-0.25, -0.2) is 0 Å². The van der Waals surface area contributed by atoms with E-state index in [2.05, 4.69) is 10.6 Å². The lowest BCUT2D eigenvalue weighted by Crippen LogP contribution is -2.52. The Hall–Kier alpha value is -1.53. The van der Waals surface area contributed by atoms with Crippen molar-refractivity contribution >= 4 is 24.2 Å². The SMILES string of the molecule is CCCC(C)(N)C(=O)NCCNC(=O)c1ccco1.Cl. The zero-order valence-corrected chi connectivity index (χ0v) is 12.6. The summed E-state index contributed by atoms with van der Waals surface area (Å²) in [6, 6.07) is 3.22. The van der Waals surface area contributed by atoms with Crippen LogP contribution >= 0.6 is 12.4 Å². The molecular weight excluding hydrogens is 282 g/mol. The van der Waals surface area contributed by atoms with Crippen LogP contribution in [0.3, 0.4) is 0 Å². The molecule has 0 fully saturated rings. The number of hydrogen-bond donors (Lipinski definition) is 3. The third-order valence-electron chi connectivity index (χ3n) is 2.73. The first kappa shape index (κ1) is 18.5. The second-order valence-electron chi connectivity index (χ2n) is 4.66. The van der Waals surface area contributed by atoms with Crippen molar-refractivity contribution in [1.82, 2.24) is 10.6 Å². The normalized spacial score (nSPS) is 12.9. The lowest BCUT2D eigenvalue weighted by molar-refractivity contribution is -0.126. The van der Waals surface area contributed by atoms with E-state index in [1.165, 1.54) is 6.26 Å². The van der Waals surface area contributed by atoms with Gasteiger partial charge in [0.2, 0.25) is 5.91 Å². The summed E-state index contributed by atoms with van der Waals surface area (Å²) in [5.74, 6) is -0.258. The Morgan fingerprint density at radius 1 is 1.35 bits per heavy atom. The van der Waals surface area contributed by atoms with E-state index in [4.69, 9.17) is 10.2 Å². The zero-order chi connectivity index (χ0) is 14.3. The highest BCUT2D eigenvalue weighted by Crippen LogP contribution is 2.07. The van der Waals surface area contributed by atoms with E-state index >= 15 is 0 Å². The Morgan fingerprint density at radius 3 is 2.55 bits per heavy atom. The van der Waals surface area contributed by atoms with Crippen molar-refractivity contribution in [1.29, 1.82) is 0 Å². The highest BCUT2D eigenvalue weighted by Gasteiger charge is 2.26. The number of amides is 2. The Bertz CT molecular complexity index is 419. The number of nitrogens with two attached hydrogens (primary N) is 1. The number of halogens is 1. The molecule has 1 heterocycles. The van der Waals surface area contributed by atoms with E-state index in [0.717, 1.165) is 6.42 Å². The summed E-state index contributed by atoms with van der Waals surface area (Å²) in [5.41, 5.74) is 5.01. The molecule has 7 heteroatoms. The van der Waals surface area contributed by atoms with Gasteiger partial charge in [0, 0.05) is 13.1 Å². The quantitative estimate of drug-likeness (QED) is 0.656. The molecule has 1 rings (SSSR count). The van der Waals surface area contributed by atoms with Gasteiger partial charge in [-0.3, -0.25) is 9.59 Å². The summed E-state index contributed by atoms with van der Waals surface area (Å²) in [5, 5.41) is 5.33. The molecule has 0 aromatic carbocycles. The third-order valence-corrected chi connectivity index (χ3v) is 2.73. The molecule has 4 N–H and O–H groups in total. The molecule has 0 aliphatic carbocycles. The second-order valence-corrected chi connectivity index (χ2v) is 4.66. The van der Waals surface area contributed by atoms with Crippen molar-refractivity contribution in [2.24, 2.45) is 5.73 Å². The summed E-state index contributed by atoms with van der Waals surface area (Å²) >= 11 is 0. The monoisotopic (exact) mass is 303 g/mol. The lowest BCUT2D eigenvalue weighted by Gasteiger charge is -2.22. The second kappa shape index (κ2) is 8.60. The highest BCUT2D eigenvalue weighted by atomic mass is 35.5. The van der Waals surface area contributed by atoms with Crippen molar-refractivity contribution in [3.8, 4) is 0 Å². The van der Waals surface area contributed by atoms with E-state index in [0.29, 0.717) is 19.5 Å². The summed E-state index contributed by atoms with van der Waals surface area (Å²) in [6.45, 7) is 4.34. The van der Waals surface area contributed by atoms with E-state index in [1.54, 1.807) is 19.1 Å². The molecule has 0 aliphatic rings. The van der Waals surface area contributed by atoms with E-state index < -0.39 is 5.54 Å². The van der Waals surface area contributed by atoms with Gasteiger partial charge in [-0.1, -0.05) is 13.3 Å². The molecule has 1 aromatic rings. The molecular formula is C13H22ClN3O3. The van der Waals surface area contributed by atoms with Crippen LogP contribution < -0.4 is 16.4 Å². The first-order valence-corrected chi connectivity index (χ1v) is 6.36. The largest absolute Gasteiger partial charge is 0.459 e. The van der Waals surface area contributed by atoms with Crippen LogP contribution in [0.1, 0.15) is 37.2 Å². The topological polar surface area (TPSA) is 97.4 Å². The minimum absolute atomic E-state index is 0. The van der Waals surface area contributed by atoms with E-state index in [-0.39, 0.29) is 30.0 Å². The van der Waals surface area contributed by atoms with Crippen molar-refractivity contribution < 1.29 is 14.0 Å². The maximum absolute atomic E-state index is 11.8. The van der Waals surface area contributed by atoms with Crippen LogP contribution in [0.25, 0.3) is 0 Å². The number of carbonyl (C=O) groups is 2. The summed E-state index contributed by atoms with van der Waals surface area (Å²) < 4.78 is 4.94. The van der Waals surface area contributed by atoms with Gasteiger partial charge in [0.1, 0.15) is 0 Å². The van der Waals surface area contributed by atoms with Crippen LogP contribution in [0.4, 0.5) is 0 Å². The first-order valence-electron chi connectivity index (χ1n) is 6.36. The van der Waals surface area contributed by atoms with Crippen molar-refractivity contribution in [2.75, 3.05) is 13.1 Å². The van der Waals surface area contributed by atoms with Gasteiger partial charge in [-0.2, -0.15) is 0 Å². The molecule has 0 saturated carbocycles. The average molecular weight is 304 g/mol. The fourth-order valence-corrected chi connectivity index (χ4v) is 1.68. The van der Waals surface area contributed by atoms with Gasteiger partial charge in [0.25, 0.3) is 5.91 Å². The van der Waals surface area contributed by atoms with Crippen molar-refractivity contribution in [3.05, 3.63) is 24.2 Å². The summed E-state index contributed by atoms with van der Waals surface area (Å²) in [6.07, 6.45) is 2.90. The zero-order valence-electron chi connectivity index (χ0n) is 11.8. The average Bonchev–Trinajstić information content (AvgIpc) is 2.87. The van der Waals surface area contributed by atoms with Crippen LogP contribution in [0.5, 0.6) is 0 Å². The molecule has 0 spiro atoms. The molecule has 1 aromatic heterocycles. The smallest absolute Gasteiger partial charge is 0.287 e. The minimum atomic E-state index is -0.861. The summed E-state index contributed by atoms with van der Waals surface area (Å²) in [4.78, 5) is 23.3. The molecule has 20 heavy (non-hydrogen) atoms. The van der Waals surface area contributed by atoms with Gasteiger partial charge in [-0.05, 0) is 25.5 Å². The Labute approximate surface area is 124 Å². The predicted molar refractivity (Wildman–Crippen MR) is 78.8 cm³/mol. The van der Waals surface area contributed by atoms with E-state index in [1.807, 2.05) is 6.92 Å². The lowest BCUT2D eigenvalue weighted by atomic mass is 9.97. The van der Waals surface area contributed by atoms with E-state index in [9.17, 15) is 9.59 Å². The number of rotatable bonds is 7. The van der Waals surface area contributed by atoms with Gasteiger partial charge >= 0.3 is 0 Å². The number of hydrogen-bond acceptors (Lipinski definition) is 4. The van der Waals surface area contributed by atoms with Crippen LogP contribution in [-0.2, 0) is 4.79 Å². The molecule has 0 saturated heterocycles. The van der Waals surface area contributed by atoms with Gasteiger partial charge in [-0.15, -0.1) is 12.4 Å². The molecule has 1 atom stereocenters. The standard InChI is InChI=1S/C13H21N3O3.ClH/c1-3-6-13(2,14)12(18)16-8-7-15-11(17)10-5-4-9-19-10;/h4-5,9H,3,6-8,14H2,1-2H3,(H,15,17)(H,16,18);1H. The van der Waals surface area contributed by atoms with Crippen LogP contribution in [-0.4, -0.2) is 30.4 Å². The molecule has 0 aliphatic heterocycles. The minimum Gasteiger partial charge on any atom is -0.459 e. The molecule has 0 radical (unpaired) electrons. The molecule has 1 unspecified atom stereocenters. The molecule has 6 nitrogen and oxygen atoms in total. The number of furan rings is 1. The van der Waals surface area contributed by atoms with Crippen LogP contribution in [0.15, 0.2) is 22.8 Å². The van der Waals surface area contributed by atoms with Crippen molar-refractivity contribution in [3.63, 3.8) is 0 Å². The van der Waals surface area contributed by atoms with Gasteiger partial charge in [0.05, 0.1) is 11.8 Å². The number of nitrogens with one attached hydrogen (secondary N) is 2. The Morgan fingerprint density at radius 2 is 2.00 bits per heavy atom. The maximum atomic E-state index is 11.8. The predicted octanol–water partition coefficient (Wildman–Crippen LogP) is 1.06. The fraction of sp³-hybridized carbons (Fsp3) is 0.538. The number of carbonyl (C=O) groups excluding carboxylic acids is 2. The highest BCUT2D eigenvalue weighted by molar-refractivity contribution is 5.91. The van der Waals surface area contributed by atoms with Crippen molar-refractivity contribution in [2.45, 2.75) is 32.2 Å². The Kier molecular flexibility index (Phi) is 7.94. The van der Waals surface area contributed by atoms with Gasteiger partial charge in [0.15, 0.2) is 5.76 Å². The van der Waals surface area contributed by atoms with Crippen LogP contribution in [0, 0.1) is 0 Å². The molecule has 0 bridgehead atoms. The van der Waals surface area contributed by atoms with Gasteiger partial charge < -0.3 is 20.8 Å². The molecule has 114 valence electrons. The summed E-state index contributed by atoms with van der Waals surface area (Å²) in [7, 11) is 0.